The lowest BCUT2D eigenvalue weighted by Crippen LogP contribution is -2.33. The fraction of sp³-hybridized carbons (Fsp3) is 0.333. The van der Waals surface area contributed by atoms with Gasteiger partial charge < -0.3 is 19.6 Å². The number of fused-ring (bicyclic) bond motifs is 1. The number of aromatic carboxylic acids is 1. The molecule has 162 valence electrons. The van der Waals surface area contributed by atoms with Crippen molar-refractivity contribution < 1.29 is 19.4 Å². The van der Waals surface area contributed by atoms with E-state index in [1.807, 2.05) is 36.4 Å². The van der Waals surface area contributed by atoms with Crippen LogP contribution in [-0.4, -0.2) is 59.3 Å². The molecule has 1 saturated heterocycles. The summed E-state index contributed by atoms with van der Waals surface area (Å²) in [5.74, 6) is 1.01. The highest BCUT2D eigenvalue weighted by Gasteiger charge is 2.12. The van der Waals surface area contributed by atoms with Gasteiger partial charge in [-0.2, -0.15) is 0 Å². The van der Waals surface area contributed by atoms with Gasteiger partial charge in [-0.05, 0) is 61.8 Å². The number of hydrogen-bond acceptors (Lipinski definition) is 5. The van der Waals surface area contributed by atoms with Crippen molar-refractivity contribution in [1.29, 1.82) is 0 Å². The Kier molecular flexibility index (Phi) is 6.52. The molecule has 0 unspecified atom stereocenters. The number of carboxylic acid groups (broad SMARTS) is 1. The molecule has 1 aromatic heterocycles. The lowest BCUT2D eigenvalue weighted by Gasteiger charge is -2.26. The van der Waals surface area contributed by atoms with Gasteiger partial charge in [-0.3, -0.25) is 4.90 Å². The number of benzene rings is 2. The largest absolute Gasteiger partial charge is 0.493 e. The Morgan fingerprint density at radius 3 is 2.77 bits per heavy atom. The molecule has 0 aliphatic carbocycles. The molecule has 2 heterocycles. The van der Waals surface area contributed by atoms with Crippen molar-refractivity contribution >= 4 is 29.2 Å². The summed E-state index contributed by atoms with van der Waals surface area (Å²) < 4.78 is 11.5. The predicted octanol–water partition coefficient (Wildman–Crippen LogP) is 4.30. The van der Waals surface area contributed by atoms with Crippen molar-refractivity contribution in [2.75, 3.05) is 33.4 Å². The number of para-hydroxylation sites is 1. The van der Waals surface area contributed by atoms with Crippen LogP contribution < -0.4 is 9.47 Å². The van der Waals surface area contributed by atoms with Crippen LogP contribution in [0.1, 0.15) is 41.0 Å². The highest BCUT2D eigenvalue weighted by molar-refractivity contribution is 6.01. The molecule has 4 rings (SSSR count). The molecule has 0 amide bonds. The molecule has 3 aromatic rings. The van der Waals surface area contributed by atoms with Gasteiger partial charge in [0.1, 0.15) is 17.9 Å². The lowest BCUT2D eigenvalue weighted by molar-refractivity contribution is 0.0699. The summed E-state index contributed by atoms with van der Waals surface area (Å²) in [6.45, 7) is 3.81. The number of hydrogen-bond donors (Lipinski definition) is 2. The first-order valence-corrected chi connectivity index (χ1v) is 10.6. The standard InChI is InChI=1S/C24H27N3O4/c1-30-20-10-8-17(16-21(20)31-15-14-27-12-3-2-4-13-27)9-11-22-25-19-7-5-6-18(24(28)29)23(19)26-22/h5-11,16H,2-4,12-15H2,1H3,(H,25,26)(H,28,29). The van der Waals surface area contributed by atoms with E-state index < -0.39 is 5.97 Å². The van der Waals surface area contributed by atoms with Crippen LogP contribution in [0.25, 0.3) is 23.2 Å². The number of carbonyl (C=O) groups is 1. The van der Waals surface area contributed by atoms with E-state index in [0.717, 1.165) is 25.2 Å². The Morgan fingerprint density at radius 1 is 1.16 bits per heavy atom. The molecule has 0 bridgehead atoms. The van der Waals surface area contributed by atoms with Gasteiger partial charge in [0, 0.05) is 6.54 Å². The van der Waals surface area contributed by atoms with E-state index in [0.29, 0.717) is 35.0 Å². The van der Waals surface area contributed by atoms with E-state index in [-0.39, 0.29) is 5.56 Å². The van der Waals surface area contributed by atoms with Crippen molar-refractivity contribution in [1.82, 2.24) is 14.9 Å². The van der Waals surface area contributed by atoms with Gasteiger partial charge in [-0.15, -0.1) is 0 Å². The van der Waals surface area contributed by atoms with E-state index in [9.17, 15) is 9.90 Å². The number of carboxylic acids is 1. The van der Waals surface area contributed by atoms with Gasteiger partial charge in [-0.1, -0.05) is 24.6 Å². The minimum absolute atomic E-state index is 0.183. The Balaban J connectivity index is 1.47. The molecule has 2 N–H and O–H groups in total. The zero-order chi connectivity index (χ0) is 21.6. The Morgan fingerprint density at radius 2 is 2.00 bits per heavy atom. The average Bonchev–Trinajstić information content (AvgIpc) is 3.21. The number of aromatic nitrogens is 2. The minimum atomic E-state index is -0.992. The number of aromatic amines is 1. The smallest absolute Gasteiger partial charge is 0.337 e. The maximum Gasteiger partial charge on any atom is 0.337 e. The second-order valence-corrected chi connectivity index (χ2v) is 7.62. The van der Waals surface area contributed by atoms with Gasteiger partial charge in [0.2, 0.25) is 0 Å². The average molecular weight is 421 g/mol. The topological polar surface area (TPSA) is 87.7 Å². The van der Waals surface area contributed by atoms with Crippen molar-refractivity contribution in [3.8, 4) is 11.5 Å². The second-order valence-electron chi connectivity index (χ2n) is 7.62. The summed E-state index contributed by atoms with van der Waals surface area (Å²) in [4.78, 5) is 21.4. The molecule has 0 radical (unpaired) electrons. The summed E-state index contributed by atoms with van der Waals surface area (Å²) >= 11 is 0. The van der Waals surface area contributed by atoms with Crippen molar-refractivity contribution in [2.24, 2.45) is 0 Å². The number of ether oxygens (including phenoxy) is 2. The predicted molar refractivity (Wildman–Crippen MR) is 121 cm³/mol. The summed E-state index contributed by atoms with van der Waals surface area (Å²) in [7, 11) is 1.64. The second kappa shape index (κ2) is 9.66. The van der Waals surface area contributed by atoms with E-state index in [2.05, 4.69) is 14.9 Å². The SMILES string of the molecule is COc1ccc(C=Cc2nc3c(C(=O)O)cccc3[nH]2)cc1OCCN1CCCCC1. The summed E-state index contributed by atoms with van der Waals surface area (Å²) in [5.41, 5.74) is 2.26. The molecule has 31 heavy (non-hydrogen) atoms. The van der Waals surface area contributed by atoms with Crippen molar-refractivity contribution in [3.63, 3.8) is 0 Å². The Labute approximate surface area is 181 Å². The third-order valence-electron chi connectivity index (χ3n) is 5.50. The summed E-state index contributed by atoms with van der Waals surface area (Å²) in [6, 6.07) is 10.8. The number of imidazole rings is 1. The Hall–Kier alpha value is -3.32. The van der Waals surface area contributed by atoms with Crippen LogP contribution in [0.2, 0.25) is 0 Å². The van der Waals surface area contributed by atoms with Crippen LogP contribution in [-0.2, 0) is 0 Å². The number of piperidine rings is 1. The van der Waals surface area contributed by atoms with E-state index in [1.165, 1.54) is 19.3 Å². The number of nitrogens with zero attached hydrogens (tertiary/aromatic N) is 2. The first-order chi connectivity index (χ1) is 15.1. The molecule has 2 aromatic carbocycles. The fourth-order valence-corrected chi connectivity index (χ4v) is 3.86. The molecule has 0 atom stereocenters. The molecular weight excluding hydrogens is 394 g/mol. The van der Waals surface area contributed by atoms with Crippen molar-refractivity contribution in [3.05, 3.63) is 53.3 Å². The van der Waals surface area contributed by atoms with E-state index >= 15 is 0 Å². The zero-order valence-electron chi connectivity index (χ0n) is 17.6. The zero-order valence-corrected chi connectivity index (χ0v) is 17.6. The summed E-state index contributed by atoms with van der Waals surface area (Å²) in [6.07, 6.45) is 7.58. The monoisotopic (exact) mass is 421 g/mol. The third-order valence-corrected chi connectivity index (χ3v) is 5.50. The van der Waals surface area contributed by atoms with Crippen LogP contribution >= 0.6 is 0 Å². The van der Waals surface area contributed by atoms with Gasteiger partial charge in [0.25, 0.3) is 0 Å². The van der Waals surface area contributed by atoms with Crippen LogP contribution in [0.15, 0.2) is 36.4 Å². The highest BCUT2D eigenvalue weighted by Crippen LogP contribution is 2.29. The quantitative estimate of drug-likeness (QED) is 0.564. The maximum atomic E-state index is 11.4. The molecule has 7 nitrogen and oxygen atoms in total. The number of rotatable bonds is 8. The molecule has 1 fully saturated rings. The minimum Gasteiger partial charge on any atom is -0.493 e. The van der Waals surface area contributed by atoms with Crippen LogP contribution in [0.5, 0.6) is 11.5 Å². The third kappa shape index (κ3) is 5.06. The van der Waals surface area contributed by atoms with Crippen LogP contribution in [0, 0.1) is 0 Å². The van der Waals surface area contributed by atoms with Crippen molar-refractivity contribution in [2.45, 2.75) is 19.3 Å². The molecule has 0 spiro atoms. The molecule has 0 saturated carbocycles. The Bertz CT molecular complexity index is 1080. The molecule has 1 aliphatic heterocycles. The van der Waals surface area contributed by atoms with Gasteiger partial charge >= 0.3 is 5.97 Å². The van der Waals surface area contributed by atoms with E-state index in [4.69, 9.17) is 9.47 Å². The molecule has 1 aliphatic rings. The van der Waals surface area contributed by atoms with Gasteiger partial charge in [0.15, 0.2) is 11.5 Å². The van der Waals surface area contributed by atoms with E-state index in [1.54, 1.807) is 19.2 Å². The van der Waals surface area contributed by atoms with Gasteiger partial charge in [0.05, 0.1) is 18.2 Å². The number of nitrogens with one attached hydrogen (secondary N) is 1. The van der Waals surface area contributed by atoms with Gasteiger partial charge in [-0.25, -0.2) is 9.78 Å². The van der Waals surface area contributed by atoms with Crippen LogP contribution in [0.3, 0.4) is 0 Å². The number of methoxy groups -OCH3 is 1. The molecule has 7 heteroatoms. The first kappa shape index (κ1) is 20.9. The normalized spacial score (nSPS) is 14.9. The number of H-pyrrole nitrogens is 1. The summed E-state index contributed by atoms with van der Waals surface area (Å²) in [5, 5.41) is 9.33. The highest BCUT2D eigenvalue weighted by atomic mass is 16.5. The number of likely N-dealkylation sites (tertiary alicyclic amines) is 1. The van der Waals surface area contributed by atoms with Crippen LogP contribution in [0.4, 0.5) is 0 Å². The lowest BCUT2D eigenvalue weighted by atomic mass is 10.1. The maximum absolute atomic E-state index is 11.4. The first-order valence-electron chi connectivity index (χ1n) is 10.6. The fourth-order valence-electron chi connectivity index (χ4n) is 3.86. The molecular formula is C24H27N3O4.